The first-order chi connectivity index (χ1) is 7.72. The monoisotopic (exact) mass is 221 g/mol. The summed E-state index contributed by atoms with van der Waals surface area (Å²) in [4.78, 5) is 0. The summed E-state index contributed by atoms with van der Waals surface area (Å²) in [5.41, 5.74) is 2.20. The number of hydrogen-bond acceptors (Lipinski definition) is 1. The van der Waals surface area contributed by atoms with Crippen molar-refractivity contribution in [2.24, 2.45) is 5.92 Å². The lowest BCUT2D eigenvalue weighted by Gasteiger charge is -2.30. The van der Waals surface area contributed by atoms with E-state index >= 15 is 0 Å². The first-order valence-corrected chi connectivity index (χ1v) is 6.14. The molecule has 0 spiro atoms. The van der Waals surface area contributed by atoms with E-state index in [9.17, 15) is 4.39 Å². The van der Waals surface area contributed by atoms with Crippen molar-refractivity contribution in [2.45, 2.75) is 32.1 Å². The molecule has 0 saturated carbocycles. The standard InChI is InChI=1S/C14H20FN/c1-10-8-11(6-7-16-2)12-4-3-5-14(15)13(12)9-10/h3-5,10-11,16H,6-9H2,1-2H3. The summed E-state index contributed by atoms with van der Waals surface area (Å²) in [6.07, 6.45) is 3.20. The minimum atomic E-state index is -0.0153. The minimum Gasteiger partial charge on any atom is -0.320 e. The average molecular weight is 221 g/mol. The van der Waals surface area contributed by atoms with E-state index in [0.717, 1.165) is 24.9 Å². The molecular formula is C14H20FN. The van der Waals surface area contributed by atoms with Crippen molar-refractivity contribution in [1.29, 1.82) is 0 Å². The fourth-order valence-electron chi connectivity index (χ4n) is 2.81. The van der Waals surface area contributed by atoms with Crippen LogP contribution in [0.3, 0.4) is 0 Å². The molecule has 0 heterocycles. The van der Waals surface area contributed by atoms with Crippen molar-refractivity contribution in [3.05, 3.63) is 35.1 Å². The van der Waals surface area contributed by atoms with Gasteiger partial charge in [-0.15, -0.1) is 0 Å². The van der Waals surface area contributed by atoms with Crippen molar-refractivity contribution < 1.29 is 4.39 Å². The zero-order chi connectivity index (χ0) is 11.5. The summed E-state index contributed by atoms with van der Waals surface area (Å²) in [6.45, 7) is 3.23. The first kappa shape index (κ1) is 11.6. The number of hydrogen-bond donors (Lipinski definition) is 1. The molecule has 1 aliphatic rings. The molecule has 0 aromatic heterocycles. The fraction of sp³-hybridized carbons (Fsp3) is 0.571. The van der Waals surface area contributed by atoms with E-state index < -0.39 is 0 Å². The highest BCUT2D eigenvalue weighted by atomic mass is 19.1. The second-order valence-electron chi connectivity index (χ2n) is 4.94. The zero-order valence-electron chi connectivity index (χ0n) is 10.1. The van der Waals surface area contributed by atoms with Crippen LogP contribution < -0.4 is 5.32 Å². The van der Waals surface area contributed by atoms with Gasteiger partial charge in [-0.1, -0.05) is 19.1 Å². The van der Waals surface area contributed by atoms with Crippen molar-refractivity contribution in [3.8, 4) is 0 Å². The minimum absolute atomic E-state index is 0.0153. The molecule has 0 bridgehead atoms. The molecule has 0 fully saturated rings. The van der Waals surface area contributed by atoms with E-state index in [-0.39, 0.29) is 5.82 Å². The van der Waals surface area contributed by atoms with Crippen LogP contribution in [0.4, 0.5) is 4.39 Å². The molecule has 16 heavy (non-hydrogen) atoms. The molecule has 1 N–H and O–H groups in total. The van der Waals surface area contributed by atoms with Crippen LogP contribution in [0.15, 0.2) is 18.2 Å². The fourth-order valence-corrected chi connectivity index (χ4v) is 2.81. The van der Waals surface area contributed by atoms with E-state index in [0.29, 0.717) is 11.8 Å². The summed E-state index contributed by atoms with van der Waals surface area (Å²) < 4.78 is 13.7. The predicted molar refractivity (Wildman–Crippen MR) is 65.2 cm³/mol. The lowest BCUT2D eigenvalue weighted by atomic mass is 9.76. The van der Waals surface area contributed by atoms with Gasteiger partial charge in [-0.25, -0.2) is 4.39 Å². The van der Waals surface area contributed by atoms with Crippen molar-refractivity contribution >= 4 is 0 Å². The highest BCUT2D eigenvalue weighted by Crippen LogP contribution is 2.37. The van der Waals surface area contributed by atoms with Gasteiger partial charge in [-0.05, 0) is 61.9 Å². The molecule has 2 rings (SSSR count). The summed E-state index contributed by atoms with van der Waals surface area (Å²) in [5.74, 6) is 1.12. The Kier molecular flexibility index (Phi) is 3.59. The molecule has 2 unspecified atom stereocenters. The highest BCUT2D eigenvalue weighted by Gasteiger charge is 2.25. The highest BCUT2D eigenvalue weighted by molar-refractivity contribution is 5.34. The van der Waals surface area contributed by atoms with E-state index in [2.05, 4.69) is 18.3 Å². The normalized spacial score (nSPS) is 24.2. The molecule has 1 nitrogen and oxygen atoms in total. The van der Waals surface area contributed by atoms with Crippen molar-refractivity contribution in [2.75, 3.05) is 13.6 Å². The number of halogens is 1. The van der Waals surface area contributed by atoms with Gasteiger partial charge >= 0.3 is 0 Å². The molecule has 1 aliphatic carbocycles. The van der Waals surface area contributed by atoms with Gasteiger partial charge in [0.2, 0.25) is 0 Å². The Labute approximate surface area is 97.1 Å². The molecular weight excluding hydrogens is 201 g/mol. The van der Waals surface area contributed by atoms with Gasteiger partial charge in [0.1, 0.15) is 5.82 Å². The SMILES string of the molecule is CNCCC1CC(C)Cc2c(F)cccc21. The zero-order valence-corrected chi connectivity index (χ0v) is 10.1. The Bertz CT molecular complexity index is 362. The molecule has 2 atom stereocenters. The summed E-state index contributed by atoms with van der Waals surface area (Å²) in [5, 5.41) is 3.18. The lowest BCUT2D eigenvalue weighted by molar-refractivity contribution is 0.401. The Morgan fingerprint density at radius 3 is 3.00 bits per heavy atom. The third-order valence-corrected chi connectivity index (χ3v) is 3.58. The summed E-state index contributed by atoms with van der Waals surface area (Å²) >= 11 is 0. The van der Waals surface area contributed by atoms with Crippen LogP contribution in [0.1, 0.15) is 36.8 Å². The van der Waals surface area contributed by atoms with Gasteiger partial charge < -0.3 is 5.32 Å². The van der Waals surface area contributed by atoms with Gasteiger partial charge in [0.15, 0.2) is 0 Å². The Morgan fingerprint density at radius 2 is 2.25 bits per heavy atom. The molecule has 1 aromatic rings. The van der Waals surface area contributed by atoms with Gasteiger partial charge in [0, 0.05) is 0 Å². The molecule has 0 amide bonds. The third kappa shape index (κ3) is 2.27. The molecule has 88 valence electrons. The Hall–Kier alpha value is -0.890. The van der Waals surface area contributed by atoms with Gasteiger partial charge in [-0.3, -0.25) is 0 Å². The quantitative estimate of drug-likeness (QED) is 0.827. The molecule has 0 aliphatic heterocycles. The number of nitrogens with one attached hydrogen (secondary N) is 1. The Morgan fingerprint density at radius 1 is 1.44 bits per heavy atom. The largest absolute Gasteiger partial charge is 0.320 e. The summed E-state index contributed by atoms with van der Waals surface area (Å²) in [6, 6.07) is 5.53. The second kappa shape index (κ2) is 4.96. The van der Waals surface area contributed by atoms with E-state index in [4.69, 9.17) is 0 Å². The molecule has 2 heteroatoms. The van der Waals surface area contributed by atoms with Crippen LogP contribution in [-0.2, 0) is 6.42 Å². The topological polar surface area (TPSA) is 12.0 Å². The smallest absolute Gasteiger partial charge is 0.126 e. The van der Waals surface area contributed by atoms with E-state index in [1.54, 1.807) is 6.07 Å². The maximum atomic E-state index is 13.7. The maximum Gasteiger partial charge on any atom is 0.126 e. The summed E-state index contributed by atoms with van der Waals surface area (Å²) in [7, 11) is 1.97. The van der Waals surface area contributed by atoms with E-state index in [1.807, 2.05) is 13.1 Å². The van der Waals surface area contributed by atoms with Crippen LogP contribution in [0.25, 0.3) is 0 Å². The number of benzene rings is 1. The molecule has 0 radical (unpaired) electrons. The second-order valence-corrected chi connectivity index (χ2v) is 4.94. The predicted octanol–water partition coefficient (Wildman–Crippen LogP) is 3.10. The van der Waals surface area contributed by atoms with Crippen molar-refractivity contribution in [3.63, 3.8) is 0 Å². The number of fused-ring (bicyclic) bond motifs is 1. The van der Waals surface area contributed by atoms with Gasteiger partial charge in [0.25, 0.3) is 0 Å². The van der Waals surface area contributed by atoms with Crippen LogP contribution in [0.5, 0.6) is 0 Å². The number of rotatable bonds is 3. The lowest BCUT2D eigenvalue weighted by Crippen LogP contribution is -2.21. The third-order valence-electron chi connectivity index (χ3n) is 3.58. The van der Waals surface area contributed by atoms with Crippen LogP contribution in [0.2, 0.25) is 0 Å². The van der Waals surface area contributed by atoms with Crippen molar-refractivity contribution in [1.82, 2.24) is 5.32 Å². The van der Waals surface area contributed by atoms with Crippen LogP contribution >= 0.6 is 0 Å². The van der Waals surface area contributed by atoms with Gasteiger partial charge in [0.05, 0.1) is 0 Å². The Balaban J connectivity index is 2.27. The average Bonchev–Trinajstić information content (AvgIpc) is 2.27. The molecule has 1 aromatic carbocycles. The maximum absolute atomic E-state index is 13.7. The van der Waals surface area contributed by atoms with E-state index in [1.165, 1.54) is 12.0 Å². The molecule has 0 saturated heterocycles. The van der Waals surface area contributed by atoms with Crippen LogP contribution in [-0.4, -0.2) is 13.6 Å². The first-order valence-electron chi connectivity index (χ1n) is 6.14. The van der Waals surface area contributed by atoms with Crippen LogP contribution in [0, 0.1) is 11.7 Å². The van der Waals surface area contributed by atoms with Gasteiger partial charge in [-0.2, -0.15) is 0 Å².